The number of alkyl carbamates (subject to hydrolysis) is 1. The van der Waals surface area contributed by atoms with Crippen LogP contribution in [0, 0.1) is 5.41 Å². The Labute approximate surface area is 275 Å². The predicted octanol–water partition coefficient (Wildman–Crippen LogP) is 6.14. The van der Waals surface area contributed by atoms with E-state index < -0.39 is 11.7 Å². The maximum absolute atomic E-state index is 13.3. The van der Waals surface area contributed by atoms with Gasteiger partial charge in [0.05, 0.1) is 41.2 Å². The monoisotopic (exact) mass is 644 g/mol. The van der Waals surface area contributed by atoms with E-state index in [1.165, 1.54) is 0 Å². The highest BCUT2D eigenvalue weighted by molar-refractivity contribution is 7.19. The number of ketones is 1. The van der Waals surface area contributed by atoms with E-state index in [-0.39, 0.29) is 29.6 Å². The van der Waals surface area contributed by atoms with Crippen molar-refractivity contribution in [3.8, 4) is 22.4 Å². The van der Waals surface area contributed by atoms with E-state index in [1.807, 2.05) is 62.2 Å². The lowest BCUT2D eigenvalue weighted by molar-refractivity contribution is -0.129. The van der Waals surface area contributed by atoms with Gasteiger partial charge in [0.1, 0.15) is 5.60 Å². The molecule has 9 nitrogen and oxygen atoms in total. The van der Waals surface area contributed by atoms with E-state index in [0.717, 1.165) is 62.9 Å². The molecular formula is C36H44N4O5S. The van der Waals surface area contributed by atoms with E-state index in [4.69, 9.17) is 14.5 Å². The summed E-state index contributed by atoms with van der Waals surface area (Å²) in [6, 6.07) is 12.0. The number of fused-ring (bicyclic) bond motifs is 1. The molecule has 0 spiro atoms. The number of carbonyl (C=O) groups excluding carboxylic acids is 3. The third-order valence-electron chi connectivity index (χ3n) is 8.72. The van der Waals surface area contributed by atoms with Crippen molar-refractivity contribution in [1.29, 1.82) is 0 Å². The molecular weight excluding hydrogens is 600 g/mol. The first kappa shape index (κ1) is 32.2. The number of amides is 2. The number of nitrogens with one attached hydrogen (secondary N) is 1. The van der Waals surface area contributed by atoms with Crippen molar-refractivity contribution < 1.29 is 23.9 Å². The lowest BCUT2D eigenvalue weighted by Crippen LogP contribution is -2.41. The van der Waals surface area contributed by atoms with Crippen LogP contribution < -0.4 is 10.2 Å². The third-order valence-corrected chi connectivity index (χ3v) is 10.1. The molecule has 2 aliphatic heterocycles. The number of nitrogens with zero attached hydrogens (tertiary/aromatic N) is 3. The lowest BCUT2D eigenvalue weighted by Gasteiger charge is -2.30. The van der Waals surface area contributed by atoms with Crippen LogP contribution in [-0.4, -0.2) is 78.7 Å². The molecule has 2 aromatic heterocycles. The lowest BCUT2D eigenvalue weighted by atomic mass is 9.75. The largest absolute Gasteiger partial charge is 0.444 e. The van der Waals surface area contributed by atoms with Crippen molar-refractivity contribution in [1.82, 2.24) is 15.2 Å². The van der Waals surface area contributed by atoms with Crippen LogP contribution in [0.25, 0.3) is 22.4 Å². The van der Waals surface area contributed by atoms with Crippen molar-refractivity contribution in [3.05, 3.63) is 58.6 Å². The minimum Gasteiger partial charge on any atom is -0.444 e. The third kappa shape index (κ3) is 7.28. The average Bonchev–Trinajstić information content (AvgIpc) is 3.61. The minimum absolute atomic E-state index is 0.0275. The van der Waals surface area contributed by atoms with Crippen LogP contribution in [-0.2, 0) is 27.1 Å². The summed E-state index contributed by atoms with van der Waals surface area (Å²) in [6.07, 6.45) is 3.77. The zero-order chi connectivity index (χ0) is 32.6. The first-order chi connectivity index (χ1) is 21.8. The second-order valence-electron chi connectivity index (χ2n) is 14.4. The molecule has 3 aromatic rings. The molecule has 0 unspecified atom stereocenters. The Morgan fingerprint density at radius 3 is 2.63 bits per heavy atom. The van der Waals surface area contributed by atoms with Crippen molar-refractivity contribution in [2.24, 2.45) is 5.41 Å². The van der Waals surface area contributed by atoms with Gasteiger partial charge < -0.3 is 24.6 Å². The molecule has 46 heavy (non-hydrogen) atoms. The van der Waals surface area contributed by atoms with E-state index >= 15 is 0 Å². The maximum Gasteiger partial charge on any atom is 0.407 e. The van der Waals surface area contributed by atoms with Crippen molar-refractivity contribution in [2.75, 3.05) is 44.3 Å². The number of pyridine rings is 1. The molecule has 3 aliphatic rings. The SMILES string of the molecule is CC1(C)CC(=O)c2sc(N3CCOCC3)c(-c3ccnc(-c4cccc(CC(=O)N5CC[C@H](NC(=O)OC(C)(C)C)C5)c4)c3)c2C1. The highest BCUT2D eigenvalue weighted by Crippen LogP contribution is 2.49. The van der Waals surface area contributed by atoms with Crippen LogP contribution in [0.5, 0.6) is 0 Å². The van der Waals surface area contributed by atoms with Gasteiger partial charge in [-0.15, -0.1) is 11.3 Å². The number of rotatable bonds is 6. The fraction of sp³-hybridized carbons (Fsp3) is 0.500. The van der Waals surface area contributed by atoms with Gasteiger partial charge in [0.15, 0.2) is 5.78 Å². The molecule has 0 bridgehead atoms. The Morgan fingerprint density at radius 1 is 1.09 bits per heavy atom. The molecule has 2 saturated heterocycles. The van der Waals surface area contributed by atoms with Gasteiger partial charge in [0, 0.05) is 49.9 Å². The number of likely N-dealkylation sites (tertiary alicyclic amines) is 1. The van der Waals surface area contributed by atoms with Gasteiger partial charge in [0.2, 0.25) is 5.91 Å². The van der Waals surface area contributed by atoms with Gasteiger partial charge in [-0.3, -0.25) is 14.6 Å². The van der Waals surface area contributed by atoms with E-state index in [9.17, 15) is 14.4 Å². The fourth-order valence-corrected chi connectivity index (χ4v) is 7.97. The molecule has 1 aliphatic carbocycles. The molecule has 6 rings (SSSR count). The number of hydrogen-bond donors (Lipinski definition) is 1. The zero-order valence-electron chi connectivity index (χ0n) is 27.5. The Morgan fingerprint density at radius 2 is 1.87 bits per heavy atom. The molecule has 1 atom stereocenters. The van der Waals surface area contributed by atoms with Gasteiger partial charge in [0.25, 0.3) is 0 Å². The number of Topliss-reactive ketones (excluding diaryl/α,β-unsaturated/α-hetero) is 1. The Hall–Kier alpha value is -3.76. The number of anilines is 1. The van der Waals surface area contributed by atoms with Crippen LogP contribution in [0.2, 0.25) is 0 Å². The molecule has 2 fully saturated rings. The van der Waals surface area contributed by atoms with Crippen molar-refractivity contribution in [3.63, 3.8) is 0 Å². The second kappa shape index (κ2) is 12.8. The number of thiophene rings is 1. The summed E-state index contributed by atoms with van der Waals surface area (Å²) in [6.45, 7) is 13.9. The number of aromatic nitrogens is 1. The minimum atomic E-state index is -0.568. The van der Waals surface area contributed by atoms with E-state index in [0.29, 0.717) is 39.1 Å². The second-order valence-corrected chi connectivity index (χ2v) is 15.4. The standard InChI is InChI=1S/C36H44N4O5S/c1-35(2,3)45-34(43)38-26-10-12-40(22-26)30(42)18-23-7-6-8-24(17-23)28-19-25(9-11-37-28)31-27-20-36(4,5)21-29(41)32(27)46-33(31)39-13-15-44-16-14-39/h6-9,11,17,19,26H,10,12-16,18,20-22H2,1-5H3,(H,38,43)/t26-/m0/s1. The van der Waals surface area contributed by atoms with Crippen molar-refractivity contribution in [2.45, 2.75) is 71.9 Å². The molecule has 4 heterocycles. The average molecular weight is 645 g/mol. The van der Waals surface area contributed by atoms with E-state index in [2.05, 4.69) is 30.1 Å². The number of hydrogen-bond acceptors (Lipinski definition) is 8. The number of morpholine rings is 1. The smallest absolute Gasteiger partial charge is 0.407 e. The molecule has 244 valence electrons. The summed E-state index contributed by atoms with van der Waals surface area (Å²) >= 11 is 1.63. The Bertz CT molecular complexity index is 1640. The quantitative estimate of drug-likeness (QED) is 0.344. The van der Waals surface area contributed by atoms with Gasteiger partial charge in [-0.05, 0) is 73.9 Å². The Kier molecular flexibility index (Phi) is 8.95. The molecule has 0 radical (unpaired) electrons. The van der Waals surface area contributed by atoms with E-state index in [1.54, 1.807) is 11.3 Å². The van der Waals surface area contributed by atoms with Gasteiger partial charge in [-0.25, -0.2) is 4.79 Å². The van der Waals surface area contributed by atoms with Gasteiger partial charge >= 0.3 is 6.09 Å². The summed E-state index contributed by atoms with van der Waals surface area (Å²) in [5.41, 5.74) is 5.34. The van der Waals surface area contributed by atoms with Gasteiger partial charge in [-0.2, -0.15) is 0 Å². The first-order valence-corrected chi connectivity index (χ1v) is 17.0. The fourth-order valence-electron chi connectivity index (χ4n) is 6.64. The van der Waals surface area contributed by atoms with Crippen LogP contribution in [0.4, 0.5) is 9.80 Å². The van der Waals surface area contributed by atoms with Crippen LogP contribution in [0.1, 0.15) is 68.3 Å². The van der Waals surface area contributed by atoms with Crippen LogP contribution in [0.15, 0.2) is 42.6 Å². The number of carbonyl (C=O) groups is 3. The molecule has 2 amide bonds. The topological polar surface area (TPSA) is 101 Å². The van der Waals surface area contributed by atoms with Crippen LogP contribution >= 0.6 is 11.3 Å². The summed E-state index contributed by atoms with van der Waals surface area (Å²) in [5.74, 6) is 0.258. The summed E-state index contributed by atoms with van der Waals surface area (Å²) in [4.78, 5) is 48.6. The summed E-state index contributed by atoms with van der Waals surface area (Å²) < 4.78 is 11.0. The van der Waals surface area contributed by atoms with Crippen molar-refractivity contribution >= 4 is 34.1 Å². The Balaban J connectivity index is 1.22. The molecule has 10 heteroatoms. The maximum atomic E-state index is 13.3. The predicted molar refractivity (Wildman–Crippen MR) is 181 cm³/mol. The number of benzene rings is 1. The van der Waals surface area contributed by atoms with Crippen LogP contribution in [0.3, 0.4) is 0 Å². The summed E-state index contributed by atoms with van der Waals surface area (Å²) in [7, 11) is 0. The van der Waals surface area contributed by atoms with Gasteiger partial charge in [-0.1, -0.05) is 32.0 Å². The summed E-state index contributed by atoms with van der Waals surface area (Å²) in [5, 5.41) is 4.03. The molecule has 1 aromatic carbocycles. The zero-order valence-corrected chi connectivity index (χ0v) is 28.3. The highest BCUT2D eigenvalue weighted by Gasteiger charge is 2.37. The number of ether oxygens (including phenoxy) is 2. The first-order valence-electron chi connectivity index (χ1n) is 16.2. The molecule has 0 saturated carbocycles. The molecule has 1 N–H and O–H groups in total. The normalized spacial score (nSPS) is 19.6. The highest BCUT2D eigenvalue weighted by atomic mass is 32.1.